The number of halogens is 1. The summed E-state index contributed by atoms with van der Waals surface area (Å²) in [5.41, 5.74) is 6.11. The first kappa shape index (κ1) is 17.5. The van der Waals surface area contributed by atoms with Gasteiger partial charge in [-0.3, -0.25) is 0 Å². The molecule has 1 rings (SSSR count). The second-order valence-electron chi connectivity index (χ2n) is 5.79. The predicted octanol–water partition coefficient (Wildman–Crippen LogP) is 1.72. The highest BCUT2D eigenvalue weighted by Gasteiger charge is 2.21. The number of anilines is 1. The molecule has 0 bridgehead atoms. The van der Waals surface area contributed by atoms with E-state index < -0.39 is 17.7 Å². The van der Waals surface area contributed by atoms with Crippen LogP contribution in [-0.2, 0) is 4.74 Å². The summed E-state index contributed by atoms with van der Waals surface area (Å²) in [6.45, 7) is 5.54. The van der Waals surface area contributed by atoms with Crippen molar-refractivity contribution in [1.29, 1.82) is 0 Å². The van der Waals surface area contributed by atoms with Crippen LogP contribution in [0.5, 0.6) is 0 Å². The summed E-state index contributed by atoms with van der Waals surface area (Å²) in [6, 6.07) is -0.538. The molecule has 1 unspecified atom stereocenters. The lowest BCUT2D eigenvalue weighted by Gasteiger charge is -2.23. The summed E-state index contributed by atoms with van der Waals surface area (Å²) in [4.78, 5) is 21.5. The van der Waals surface area contributed by atoms with Crippen LogP contribution in [-0.4, -0.2) is 42.3 Å². The lowest BCUT2D eigenvalue weighted by Crippen LogP contribution is -2.37. The highest BCUT2D eigenvalue weighted by atomic mass is 35.5. The third-order valence-corrected chi connectivity index (χ3v) is 2.78. The fourth-order valence-corrected chi connectivity index (χ4v) is 1.92. The van der Waals surface area contributed by atoms with Crippen LogP contribution < -0.4 is 16.0 Å². The van der Waals surface area contributed by atoms with Gasteiger partial charge in [-0.15, -0.1) is 0 Å². The first-order valence-electron chi connectivity index (χ1n) is 6.52. The number of nitrogens with two attached hydrogens (primary N) is 1. The normalized spacial score (nSPS) is 12.7. The number of ether oxygens (including phenoxy) is 1. The second kappa shape index (κ2) is 6.91. The van der Waals surface area contributed by atoms with Crippen LogP contribution in [0.4, 0.5) is 10.6 Å². The molecule has 8 heteroatoms. The smallest absolute Gasteiger partial charge is 0.407 e. The molecule has 1 heterocycles. The zero-order valence-corrected chi connectivity index (χ0v) is 13.7. The molecule has 0 aliphatic carbocycles. The molecule has 0 spiro atoms. The third-order valence-electron chi connectivity index (χ3n) is 2.47. The van der Waals surface area contributed by atoms with E-state index >= 15 is 0 Å². The summed E-state index contributed by atoms with van der Waals surface area (Å²) in [7, 11) is 3.66. The summed E-state index contributed by atoms with van der Waals surface area (Å²) in [6.07, 6.45) is 0.840. The standard InChI is InChI=1S/C13H22ClN5O2/c1-13(2,3)21-12(20)16-6-8(15)9-10(14)17-7-18-11(9)19(4)5/h7-8H,6,15H2,1-5H3,(H,16,20). The average Bonchev–Trinajstić information content (AvgIpc) is 2.33. The van der Waals surface area contributed by atoms with E-state index in [4.69, 9.17) is 22.1 Å². The molecule has 1 aromatic rings. The lowest BCUT2D eigenvalue weighted by atomic mass is 10.1. The molecule has 0 saturated carbocycles. The second-order valence-corrected chi connectivity index (χ2v) is 6.14. The van der Waals surface area contributed by atoms with Gasteiger partial charge in [0.05, 0.1) is 11.6 Å². The number of hydrogen-bond acceptors (Lipinski definition) is 6. The Morgan fingerprint density at radius 3 is 2.62 bits per heavy atom. The van der Waals surface area contributed by atoms with Crippen LogP contribution >= 0.6 is 11.6 Å². The topological polar surface area (TPSA) is 93.4 Å². The zero-order valence-electron chi connectivity index (χ0n) is 13.0. The highest BCUT2D eigenvalue weighted by molar-refractivity contribution is 6.30. The van der Waals surface area contributed by atoms with Gasteiger partial charge in [-0.05, 0) is 20.8 Å². The number of rotatable bonds is 4. The van der Waals surface area contributed by atoms with Gasteiger partial charge in [0.2, 0.25) is 0 Å². The summed E-state index contributed by atoms with van der Waals surface area (Å²) in [5.74, 6) is 0.619. The molecule has 0 aliphatic heterocycles. The van der Waals surface area contributed by atoms with E-state index in [9.17, 15) is 4.79 Å². The van der Waals surface area contributed by atoms with E-state index in [1.54, 1.807) is 25.7 Å². The largest absolute Gasteiger partial charge is 0.444 e. The minimum absolute atomic E-state index is 0.169. The Morgan fingerprint density at radius 2 is 2.10 bits per heavy atom. The monoisotopic (exact) mass is 315 g/mol. The number of alkyl carbamates (subject to hydrolysis) is 1. The van der Waals surface area contributed by atoms with Crippen LogP contribution in [0.15, 0.2) is 6.33 Å². The Kier molecular flexibility index (Phi) is 5.74. The minimum Gasteiger partial charge on any atom is -0.444 e. The molecular formula is C13H22ClN5O2. The van der Waals surface area contributed by atoms with Gasteiger partial charge in [0.15, 0.2) is 0 Å². The Hall–Kier alpha value is -1.60. The quantitative estimate of drug-likeness (QED) is 0.822. The van der Waals surface area contributed by atoms with E-state index in [1.807, 2.05) is 14.1 Å². The number of carbonyl (C=O) groups is 1. The number of hydrogen-bond donors (Lipinski definition) is 2. The number of aromatic nitrogens is 2. The Balaban J connectivity index is 2.77. The molecule has 3 N–H and O–H groups in total. The first-order chi connectivity index (χ1) is 9.61. The van der Waals surface area contributed by atoms with Gasteiger partial charge in [0.25, 0.3) is 0 Å². The minimum atomic E-state index is -0.559. The predicted molar refractivity (Wildman–Crippen MR) is 82.5 cm³/mol. The van der Waals surface area contributed by atoms with Gasteiger partial charge < -0.3 is 20.7 Å². The SMILES string of the molecule is CN(C)c1ncnc(Cl)c1C(N)CNC(=O)OC(C)(C)C. The summed E-state index contributed by atoms with van der Waals surface area (Å²) in [5, 5.41) is 2.88. The molecule has 0 radical (unpaired) electrons. The van der Waals surface area contributed by atoms with Gasteiger partial charge in [-0.1, -0.05) is 11.6 Å². The van der Waals surface area contributed by atoms with Crippen molar-refractivity contribution >= 4 is 23.5 Å². The number of nitrogens with zero attached hydrogens (tertiary/aromatic N) is 3. The number of amides is 1. The maximum absolute atomic E-state index is 11.6. The van der Waals surface area contributed by atoms with Gasteiger partial charge in [-0.25, -0.2) is 14.8 Å². The molecule has 1 amide bonds. The van der Waals surface area contributed by atoms with E-state index in [0.29, 0.717) is 11.4 Å². The van der Waals surface area contributed by atoms with Crippen molar-refractivity contribution in [2.45, 2.75) is 32.4 Å². The Bertz CT molecular complexity index is 502. The van der Waals surface area contributed by atoms with E-state index in [2.05, 4.69) is 15.3 Å². The molecule has 118 valence electrons. The molecule has 1 aromatic heterocycles. The maximum Gasteiger partial charge on any atom is 0.407 e. The molecule has 1 atom stereocenters. The number of nitrogens with one attached hydrogen (secondary N) is 1. The fraction of sp³-hybridized carbons (Fsp3) is 0.615. The molecule has 0 saturated heterocycles. The van der Waals surface area contributed by atoms with E-state index in [1.165, 1.54) is 6.33 Å². The molecule has 21 heavy (non-hydrogen) atoms. The van der Waals surface area contributed by atoms with Gasteiger partial charge >= 0.3 is 6.09 Å². The maximum atomic E-state index is 11.6. The Labute approximate surface area is 129 Å². The van der Waals surface area contributed by atoms with Crippen LogP contribution in [0.1, 0.15) is 32.4 Å². The molecular weight excluding hydrogens is 294 g/mol. The highest BCUT2D eigenvalue weighted by Crippen LogP contribution is 2.26. The van der Waals surface area contributed by atoms with E-state index in [0.717, 1.165) is 0 Å². The van der Waals surface area contributed by atoms with Crippen LogP contribution in [0.25, 0.3) is 0 Å². The number of carbonyl (C=O) groups excluding carboxylic acids is 1. The van der Waals surface area contributed by atoms with Crippen LogP contribution in [0.3, 0.4) is 0 Å². The Morgan fingerprint density at radius 1 is 1.48 bits per heavy atom. The van der Waals surface area contributed by atoms with Gasteiger partial charge in [-0.2, -0.15) is 0 Å². The van der Waals surface area contributed by atoms with Crippen molar-refractivity contribution in [1.82, 2.24) is 15.3 Å². The molecule has 7 nitrogen and oxygen atoms in total. The van der Waals surface area contributed by atoms with Crippen molar-refractivity contribution in [3.63, 3.8) is 0 Å². The van der Waals surface area contributed by atoms with Crippen molar-refractivity contribution in [3.05, 3.63) is 17.0 Å². The molecule has 0 aliphatic rings. The first-order valence-corrected chi connectivity index (χ1v) is 6.89. The molecule has 0 aromatic carbocycles. The van der Waals surface area contributed by atoms with Gasteiger partial charge in [0, 0.05) is 20.6 Å². The summed E-state index contributed by atoms with van der Waals surface area (Å²) >= 11 is 6.09. The summed E-state index contributed by atoms with van der Waals surface area (Å²) < 4.78 is 5.15. The van der Waals surface area contributed by atoms with Crippen molar-refractivity contribution in [2.75, 3.05) is 25.5 Å². The van der Waals surface area contributed by atoms with Crippen LogP contribution in [0, 0.1) is 0 Å². The van der Waals surface area contributed by atoms with Crippen LogP contribution in [0.2, 0.25) is 5.15 Å². The van der Waals surface area contributed by atoms with Crippen molar-refractivity contribution < 1.29 is 9.53 Å². The average molecular weight is 316 g/mol. The van der Waals surface area contributed by atoms with E-state index in [-0.39, 0.29) is 11.7 Å². The van der Waals surface area contributed by atoms with Crippen molar-refractivity contribution in [2.24, 2.45) is 5.73 Å². The fourth-order valence-electron chi connectivity index (χ4n) is 1.65. The van der Waals surface area contributed by atoms with Crippen molar-refractivity contribution in [3.8, 4) is 0 Å². The zero-order chi connectivity index (χ0) is 16.2. The third kappa shape index (κ3) is 5.35. The lowest BCUT2D eigenvalue weighted by molar-refractivity contribution is 0.0524. The van der Waals surface area contributed by atoms with Gasteiger partial charge in [0.1, 0.15) is 22.9 Å². The molecule has 0 fully saturated rings.